The fourth-order valence-corrected chi connectivity index (χ4v) is 7.79. The van der Waals surface area contributed by atoms with Crippen molar-refractivity contribution in [2.24, 2.45) is 0 Å². The Morgan fingerprint density at radius 2 is 0.981 bits per heavy atom. The van der Waals surface area contributed by atoms with Crippen LogP contribution in [-0.2, 0) is 15.7 Å². The van der Waals surface area contributed by atoms with E-state index in [1.165, 1.54) is 0 Å². The largest absolute Gasteiger partial charge is 0.508 e. The number of hydrogen-bond donors (Lipinski definition) is 3. The van der Waals surface area contributed by atoms with Crippen LogP contribution in [0.5, 0.6) is 28.7 Å². The third-order valence-corrected chi connectivity index (χ3v) is 10.4. The second kappa shape index (κ2) is 13.0. The van der Waals surface area contributed by atoms with Crippen LogP contribution in [0.2, 0.25) is 0 Å². The van der Waals surface area contributed by atoms with Crippen molar-refractivity contribution in [3.8, 4) is 28.7 Å². The maximum Gasteiger partial charge on any atom is 0.259 e. The summed E-state index contributed by atoms with van der Waals surface area (Å²) in [5, 5.41) is 30.2. The molecule has 52 heavy (non-hydrogen) atoms. The second-order valence-electron chi connectivity index (χ2n) is 13.4. The summed E-state index contributed by atoms with van der Waals surface area (Å²) in [6, 6.07) is 47.1. The molecule has 6 heteroatoms. The van der Waals surface area contributed by atoms with Gasteiger partial charge in [0.2, 0.25) is 0 Å². The molecule has 8 rings (SSSR count). The summed E-state index contributed by atoms with van der Waals surface area (Å²) in [4.78, 5) is 16.2. The quantitative estimate of drug-likeness (QED) is 0.139. The highest BCUT2D eigenvalue weighted by Gasteiger charge is 2.55. The van der Waals surface area contributed by atoms with Crippen LogP contribution in [0, 0.1) is 0 Å². The molecule has 0 saturated carbocycles. The van der Waals surface area contributed by atoms with Gasteiger partial charge in [0.25, 0.3) is 5.91 Å². The lowest BCUT2D eigenvalue weighted by Gasteiger charge is -2.40. The number of phenols is 3. The summed E-state index contributed by atoms with van der Waals surface area (Å²) in [6.07, 6.45) is 5.85. The molecule has 3 N–H and O–H groups in total. The molecule has 0 spiro atoms. The lowest BCUT2D eigenvalue weighted by atomic mass is 9.71. The number of anilines is 1. The first kappa shape index (κ1) is 32.7. The van der Waals surface area contributed by atoms with E-state index >= 15 is 0 Å². The predicted molar refractivity (Wildman–Crippen MR) is 203 cm³/mol. The lowest BCUT2D eigenvalue weighted by molar-refractivity contribution is -0.114. The van der Waals surface area contributed by atoms with E-state index in [0.717, 1.165) is 51.9 Å². The van der Waals surface area contributed by atoms with Crippen molar-refractivity contribution in [2.75, 3.05) is 4.90 Å². The highest BCUT2D eigenvalue weighted by Crippen LogP contribution is 2.54. The fourth-order valence-electron chi connectivity index (χ4n) is 7.79. The molecule has 1 aliphatic heterocycles. The maximum atomic E-state index is 14.3. The first-order valence-corrected chi connectivity index (χ1v) is 17.4. The highest BCUT2D eigenvalue weighted by molar-refractivity contribution is 6.16. The predicted octanol–water partition coefficient (Wildman–Crippen LogP) is 9.89. The summed E-state index contributed by atoms with van der Waals surface area (Å²) in [7, 11) is 0. The van der Waals surface area contributed by atoms with Gasteiger partial charge in [-0.25, -0.2) is 0 Å². The number of carbonyl (C=O) groups excluding carboxylic acids is 1. The van der Waals surface area contributed by atoms with Crippen LogP contribution in [-0.4, -0.2) is 21.2 Å². The van der Waals surface area contributed by atoms with Crippen LogP contribution < -0.4 is 9.64 Å². The molecule has 1 aliphatic carbocycles. The summed E-state index contributed by atoms with van der Waals surface area (Å²) in [5.74, 6) is 1.79. The average molecular weight is 684 g/mol. The Hall–Kier alpha value is -6.53. The average Bonchev–Trinajstić information content (AvgIpc) is 3.45. The van der Waals surface area contributed by atoms with Gasteiger partial charge in [-0.2, -0.15) is 0 Å². The Kier molecular flexibility index (Phi) is 8.15. The third-order valence-electron chi connectivity index (χ3n) is 10.4. The Bertz CT molecular complexity index is 2250. The molecule has 1 heterocycles. The molecule has 1 fully saturated rings. The zero-order valence-corrected chi connectivity index (χ0v) is 28.6. The van der Waals surface area contributed by atoms with Crippen molar-refractivity contribution in [3.05, 3.63) is 203 Å². The molecule has 6 nitrogen and oxygen atoms in total. The normalized spacial score (nSPS) is 16.9. The minimum atomic E-state index is -0.967. The van der Waals surface area contributed by atoms with E-state index in [-0.39, 0.29) is 23.2 Å². The lowest BCUT2D eigenvalue weighted by Crippen LogP contribution is -2.45. The SMILES string of the molecule is CC(c1ccc(O)cc1)(c1ccc(O)cc1)c1ccc(Oc2ccc(C3(c4ccc(O)cc4)C4=CCCC=C4C(=O)N3c3ccccc3)cc2)cc1. The number of carbonyl (C=O) groups is 1. The molecule has 6 aromatic rings. The van der Waals surface area contributed by atoms with Crippen LogP contribution in [0.3, 0.4) is 0 Å². The number of amides is 1. The number of hydrogen-bond acceptors (Lipinski definition) is 5. The molecule has 0 bridgehead atoms. The molecule has 2 aliphatic rings. The van der Waals surface area contributed by atoms with Crippen molar-refractivity contribution < 1.29 is 24.9 Å². The van der Waals surface area contributed by atoms with Crippen molar-refractivity contribution in [3.63, 3.8) is 0 Å². The summed E-state index contributed by atoms with van der Waals surface area (Å²) < 4.78 is 6.39. The zero-order chi connectivity index (χ0) is 35.9. The standard InChI is InChI=1S/C46H37NO5/c1-45(31-11-21-37(48)22-12-31,32-13-23-38(49)24-14-32)33-17-27-40(28-18-33)52-41-29-19-35(20-30-41)46(34-15-25-39(50)26-16-34)43-10-6-5-9-42(43)44(51)47(46)36-7-3-2-4-8-36/h2-4,7-30,48-50H,5-6H2,1H3. The Balaban J connectivity index is 1.16. The number of benzene rings is 6. The van der Waals surface area contributed by atoms with Crippen LogP contribution in [0.1, 0.15) is 47.6 Å². The molecule has 1 amide bonds. The van der Waals surface area contributed by atoms with E-state index in [1.807, 2.05) is 126 Å². The highest BCUT2D eigenvalue weighted by atomic mass is 16.5. The van der Waals surface area contributed by atoms with Crippen LogP contribution in [0.25, 0.3) is 0 Å². The molecular weight excluding hydrogens is 647 g/mol. The van der Waals surface area contributed by atoms with Crippen LogP contribution >= 0.6 is 0 Å². The molecule has 1 unspecified atom stereocenters. The molecule has 6 aromatic carbocycles. The van der Waals surface area contributed by atoms with E-state index in [4.69, 9.17) is 4.74 Å². The van der Waals surface area contributed by atoms with Crippen molar-refractivity contribution in [2.45, 2.75) is 30.7 Å². The van der Waals surface area contributed by atoms with Gasteiger partial charge in [-0.1, -0.05) is 91.0 Å². The summed E-state index contributed by atoms with van der Waals surface area (Å²) in [5.41, 5.74) is 5.64. The van der Waals surface area contributed by atoms with Crippen molar-refractivity contribution >= 4 is 11.6 Å². The van der Waals surface area contributed by atoms with Gasteiger partial charge in [0.05, 0.1) is 0 Å². The minimum absolute atomic E-state index is 0.0581. The molecule has 256 valence electrons. The van der Waals surface area contributed by atoms with Crippen molar-refractivity contribution in [1.29, 1.82) is 0 Å². The fraction of sp³-hybridized carbons (Fsp3) is 0.109. The van der Waals surface area contributed by atoms with Gasteiger partial charge in [0, 0.05) is 16.7 Å². The van der Waals surface area contributed by atoms with Crippen LogP contribution in [0.15, 0.2) is 175 Å². The van der Waals surface area contributed by atoms with Crippen molar-refractivity contribution in [1.82, 2.24) is 0 Å². The van der Waals surface area contributed by atoms with Gasteiger partial charge in [0.1, 0.15) is 34.3 Å². The number of nitrogens with zero attached hydrogens (tertiary/aromatic N) is 1. The first-order chi connectivity index (χ1) is 25.3. The zero-order valence-electron chi connectivity index (χ0n) is 28.6. The second-order valence-corrected chi connectivity index (χ2v) is 13.4. The number of allylic oxidation sites excluding steroid dienone is 2. The number of phenolic OH excluding ortho intramolecular Hbond substituents is 3. The maximum absolute atomic E-state index is 14.3. The topological polar surface area (TPSA) is 90.2 Å². The number of rotatable bonds is 8. The third kappa shape index (κ3) is 5.40. The van der Waals surface area contributed by atoms with E-state index in [1.54, 1.807) is 36.4 Å². The number of fused-ring (bicyclic) bond motifs is 1. The van der Waals surface area contributed by atoms with Gasteiger partial charge in [0.15, 0.2) is 0 Å². The van der Waals surface area contributed by atoms with Gasteiger partial charge in [-0.05, 0) is 126 Å². The minimum Gasteiger partial charge on any atom is -0.508 e. The number of ether oxygens (including phenoxy) is 1. The molecule has 0 radical (unpaired) electrons. The smallest absolute Gasteiger partial charge is 0.259 e. The van der Waals surface area contributed by atoms with Gasteiger partial charge in [-0.3, -0.25) is 9.69 Å². The van der Waals surface area contributed by atoms with Gasteiger partial charge >= 0.3 is 0 Å². The summed E-state index contributed by atoms with van der Waals surface area (Å²) >= 11 is 0. The monoisotopic (exact) mass is 683 g/mol. The Morgan fingerprint density at radius 3 is 1.50 bits per heavy atom. The van der Waals surface area contributed by atoms with E-state index < -0.39 is 11.0 Å². The van der Waals surface area contributed by atoms with E-state index in [2.05, 4.69) is 13.0 Å². The number of para-hydroxylation sites is 1. The number of aromatic hydroxyl groups is 3. The summed E-state index contributed by atoms with van der Waals surface area (Å²) in [6.45, 7) is 2.12. The van der Waals surface area contributed by atoms with E-state index in [9.17, 15) is 20.1 Å². The molecule has 1 atom stereocenters. The Morgan fingerprint density at radius 1 is 0.558 bits per heavy atom. The molecular formula is C46H37NO5. The Labute approximate surface area is 302 Å². The van der Waals surface area contributed by atoms with Gasteiger partial charge < -0.3 is 20.1 Å². The van der Waals surface area contributed by atoms with E-state index in [0.29, 0.717) is 17.1 Å². The van der Waals surface area contributed by atoms with Crippen LogP contribution in [0.4, 0.5) is 5.69 Å². The molecule has 1 saturated heterocycles. The first-order valence-electron chi connectivity index (χ1n) is 17.4. The van der Waals surface area contributed by atoms with Gasteiger partial charge in [-0.15, -0.1) is 0 Å². The molecule has 0 aromatic heterocycles.